The summed E-state index contributed by atoms with van der Waals surface area (Å²) < 4.78 is 33.9. The number of anilines is 1. The second-order valence-electron chi connectivity index (χ2n) is 7.02. The number of methoxy groups -OCH3 is 1. The summed E-state index contributed by atoms with van der Waals surface area (Å²) in [4.78, 5) is 12.2. The smallest absolute Gasteiger partial charge is 0.248 e. The molecule has 0 saturated heterocycles. The van der Waals surface area contributed by atoms with Crippen LogP contribution in [-0.4, -0.2) is 21.4 Å². The van der Waals surface area contributed by atoms with E-state index in [4.69, 9.17) is 14.6 Å². The molecule has 0 bridgehead atoms. The van der Waals surface area contributed by atoms with Gasteiger partial charge in [-0.2, -0.15) is 0 Å². The van der Waals surface area contributed by atoms with Crippen molar-refractivity contribution in [2.45, 2.75) is 18.4 Å². The van der Waals surface area contributed by atoms with Crippen molar-refractivity contribution in [2.24, 2.45) is 5.14 Å². The highest BCUT2D eigenvalue weighted by molar-refractivity contribution is 7.89. The first kappa shape index (κ1) is 23.1. The molecule has 3 aromatic rings. The Hall–Kier alpha value is -3.62. The zero-order valence-electron chi connectivity index (χ0n) is 17.7. The number of primary sulfonamides is 1. The van der Waals surface area contributed by atoms with Gasteiger partial charge in [-0.05, 0) is 66.1 Å². The van der Waals surface area contributed by atoms with Crippen molar-refractivity contribution >= 4 is 27.7 Å². The predicted molar refractivity (Wildman–Crippen MR) is 124 cm³/mol. The molecule has 8 heteroatoms. The molecule has 0 saturated carbocycles. The van der Waals surface area contributed by atoms with Crippen molar-refractivity contribution in [2.75, 3.05) is 12.4 Å². The summed E-state index contributed by atoms with van der Waals surface area (Å²) in [5.74, 6) is 0.791. The number of aryl methyl sites for hydroxylation is 1. The summed E-state index contributed by atoms with van der Waals surface area (Å²) in [6.45, 7) is 2.45. The number of carbonyl (C=O) groups is 1. The predicted octanol–water partition coefficient (Wildman–Crippen LogP) is 3.88. The molecule has 0 aliphatic rings. The van der Waals surface area contributed by atoms with Gasteiger partial charge in [0.25, 0.3) is 0 Å². The number of sulfonamides is 1. The summed E-state index contributed by atoms with van der Waals surface area (Å²) in [6.07, 6.45) is 3.01. The zero-order chi connectivity index (χ0) is 23.1. The van der Waals surface area contributed by atoms with Crippen molar-refractivity contribution in [1.82, 2.24) is 0 Å². The minimum atomic E-state index is -3.78. The van der Waals surface area contributed by atoms with Crippen molar-refractivity contribution in [3.8, 4) is 11.5 Å². The molecule has 0 aliphatic heterocycles. The second-order valence-corrected chi connectivity index (χ2v) is 8.58. The number of hydrogen-bond acceptors (Lipinski definition) is 5. The van der Waals surface area contributed by atoms with Crippen molar-refractivity contribution in [3.05, 3.63) is 89.5 Å². The number of nitrogens with one attached hydrogen (secondary N) is 1. The van der Waals surface area contributed by atoms with Crippen LogP contribution in [0.5, 0.6) is 11.5 Å². The summed E-state index contributed by atoms with van der Waals surface area (Å²) >= 11 is 0. The molecule has 3 aromatic carbocycles. The van der Waals surface area contributed by atoms with Gasteiger partial charge in [0.05, 0.1) is 12.0 Å². The fourth-order valence-electron chi connectivity index (χ4n) is 2.92. The Labute approximate surface area is 187 Å². The Kier molecular flexibility index (Phi) is 7.29. The first-order chi connectivity index (χ1) is 15.3. The third-order valence-electron chi connectivity index (χ3n) is 4.71. The first-order valence-corrected chi connectivity index (χ1v) is 11.3. The highest BCUT2D eigenvalue weighted by Gasteiger charge is 2.08. The molecular formula is C24H24N2O5S. The zero-order valence-corrected chi connectivity index (χ0v) is 18.6. The monoisotopic (exact) mass is 452 g/mol. The molecule has 0 unspecified atom stereocenters. The lowest BCUT2D eigenvalue weighted by Crippen LogP contribution is -2.12. The largest absolute Gasteiger partial charge is 0.493 e. The molecule has 0 aromatic heterocycles. The van der Waals surface area contributed by atoms with Gasteiger partial charge in [-0.25, -0.2) is 13.6 Å². The van der Waals surface area contributed by atoms with E-state index in [1.165, 1.54) is 30.3 Å². The highest BCUT2D eigenvalue weighted by Crippen LogP contribution is 2.29. The average molecular weight is 453 g/mol. The molecule has 0 spiro atoms. The number of amides is 1. The van der Waals surface area contributed by atoms with Crippen LogP contribution in [0.3, 0.4) is 0 Å². The molecule has 0 heterocycles. The van der Waals surface area contributed by atoms with E-state index >= 15 is 0 Å². The van der Waals surface area contributed by atoms with E-state index in [0.717, 1.165) is 16.7 Å². The van der Waals surface area contributed by atoms with E-state index in [-0.39, 0.29) is 10.8 Å². The van der Waals surface area contributed by atoms with Gasteiger partial charge in [0.15, 0.2) is 11.5 Å². The summed E-state index contributed by atoms with van der Waals surface area (Å²) in [7, 11) is -2.22. The van der Waals surface area contributed by atoms with E-state index in [0.29, 0.717) is 23.8 Å². The fraction of sp³-hybridized carbons (Fsp3) is 0.125. The Morgan fingerprint density at radius 2 is 1.75 bits per heavy atom. The van der Waals surface area contributed by atoms with Crippen LogP contribution in [0.15, 0.2) is 77.7 Å². The van der Waals surface area contributed by atoms with Crippen LogP contribution in [-0.2, 0) is 21.4 Å². The molecule has 3 N–H and O–H groups in total. The average Bonchev–Trinajstić information content (AvgIpc) is 2.77. The number of benzene rings is 3. The van der Waals surface area contributed by atoms with Crippen LogP contribution in [0.25, 0.3) is 6.08 Å². The topological polar surface area (TPSA) is 108 Å². The van der Waals surface area contributed by atoms with Crippen LogP contribution in [0.1, 0.15) is 16.7 Å². The third-order valence-corrected chi connectivity index (χ3v) is 5.64. The molecule has 7 nitrogen and oxygen atoms in total. The summed E-state index contributed by atoms with van der Waals surface area (Å²) in [6, 6.07) is 19.0. The van der Waals surface area contributed by atoms with Crippen molar-refractivity contribution < 1.29 is 22.7 Å². The number of ether oxygens (including phenoxy) is 2. The minimum Gasteiger partial charge on any atom is -0.493 e. The molecule has 32 heavy (non-hydrogen) atoms. The van der Waals surface area contributed by atoms with Crippen LogP contribution < -0.4 is 19.9 Å². The van der Waals surface area contributed by atoms with E-state index in [1.807, 2.05) is 37.3 Å². The first-order valence-electron chi connectivity index (χ1n) is 9.73. The normalized spacial score (nSPS) is 11.3. The standard InChI is InChI=1S/C24H24N2O5S/c1-17-5-3-4-6-19(17)16-31-22-13-7-18(15-23(22)30-2)8-14-24(27)26-20-9-11-21(12-10-20)32(25,28)29/h3-15H,16H2,1-2H3,(H,26,27)(H2,25,28,29). The van der Waals surface area contributed by atoms with Crippen LogP contribution in [0, 0.1) is 6.92 Å². The van der Waals surface area contributed by atoms with Gasteiger partial charge in [-0.1, -0.05) is 30.3 Å². The number of rotatable bonds is 8. The maximum atomic E-state index is 12.2. The molecule has 3 rings (SSSR count). The summed E-state index contributed by atoms with van der Waals surface area (Å²) in [5, 5.41) is 7.72. The van der Waals surface area contributed by atoms with Gasteiger partial charge in [-0.3, -0.25) is 4.79 Å². The lowest BCUT2D eigenvalue weighted by molar-refractivity contribution is -0.111. The Morgan fingerprint density at radius 1 is 1.03 bits per heavy atom. The Balaban J connectivity index is 1.64. The SMILES string of the molecule is COc1cc(C=CC(=O)Nc2ccc(S(N)(=O)=O)cc2)ccc1OCc1ccccc1C. The molecule has 166 valence electrons. The minimum absolute atomic E-state index is 0.0251. The second kappa shape index (κ2) is 10.1. The molecular weight excluding hydrogens is 428 g/mol. The van der Waals surface area contributed by atoms with Crippen LogP contribution >= 0.6 is 0 Å². The fourth-order valence-corrected chi connectivity index (χ4v) is 3.43. The molecule has 0 fully saturated rings. The van der Waals surface area contributed by atoms with Gasteiger partial charge in [0, 0.05) is 11.8 Å². The highest BCUT2D eigenvalue weighted by atomic mass is 32.2. The van der Waals surface area contributed by atoms with Gasteiger partial charge in [0.1, 0.15) is 6.61 Å². The van der Waals surface area contributed by atoms with E-state index in [1.54, 1.807) is 25.3 Å². The van der Waals surface area contributed by atoms with E-state index in [2.05, 4.69) is 5.32 Å². The number of hydrogen-bond donors (Lipinski definition) is 2. The van der Waals surface area contributed by atoms with E-state index < -0.39 is 10.0 Å². The summed E-state index contributed by atoms with van der Waals surface area (Å²) in [5.41, 5.74) is 3.44. The molecule has 1 amide bonds. The van der Waals surface area contributed by atoms with Gasteiger partial charge < -0.3 is 14.8 Å². The number of nitrogens with two attached hydrogens (primary N) is 1. The third kappa shape index (κ3) is 6.19. The maximum Gasteiger partial charge on any atom is 0.248 e. The number of carbonyl (C=O) groups excluding carboxylic acids is 1. The van der Waals surface area contributed by atoms with Gasteiger partial charge >= 0.3 is 0 Å². The molecule has 0 aliphatic carbocycles. The quantitative estimate of drug-likeness (QED) is 0.504. The molecule has 0 atom stereocenters. The van der Waals surface area contributed by atoms with Crippen molar-refractivity contribution in [1.29, 1.82) is 0 Å². The Bertz CT molecular complexity index is 1240. The lowest BCUT2D eigenvalue weighted by Gasteiger charge is -2.12. The van der Waals surface area contributed by atoms with Gasteiger partial charge in [-0.15, -0.1) is 0 Å². The lowest BCUT2D eigenvalue weighted by atomic mass is 10.1. The van der Waals surface area contributed by atoms with Crippen molar-refractivity contribution in [3.63, 3.8) is 0 Å². The van der Waals surface area contributed by atoms with Gasteiger partial charge in [0.2, 0.25) is 15.9 Å². The van der Waals surface area contributed by atoms with Crippen LogP contribution in [0.4, 0.5) is 5.69 Å². The van der Waals surface area contributed by atoms with E-state index in [9.17, 15) is 13.2 Å². The Morgan fingerprint density at radius 3 is 2.41 bits per heavy atom. The molecule has 0 radical (unpaired) electrons. The van der Waals surface area contributed by atoms with Crippen LogP contribution in [0.2, 0.25) is 0 Å². The maximum absolute atomic E-state index is 12.2.